The van der Waals surface area contributed by atoms with E-state index in [1.807, 2.05) is 18.2 Å². The monoisotopic (exact) mass is 343 g/mol. The standard InChI is InChI=1S/C18H21N3O2S/c1-24(23)17-9-5-6-14(12-17)19-18(22)20-15-10-11-21(13-15)16-7-3-2-4-8-16/h2-9,12,15H,10-11,13H2,1H3,(H2,19,20,22)/t15-,24-/m1/s1. The van der Waals surface area contributed by atoms with Crippen LogP contribution in [0.1, 0.15) is 6.42 Å². The fourth-order valence-electron chi connectivity index (χ4n) is 2.86. The van der Waals surface area contributed by atoms with Crippen molar-refractivity contribution in [2.45, 2.75) is 17.4 Å². The number of nitrogens with zero attached hydrogens (tertiary/aromatic N) is 1. The van der Waals surface area contributed by atoms with Gasteiger partial charge in [0.25, 0.3) is 0 Å². The van der Waals surface area contributed by atoms with Crippen LogP contribution < -0.4 is 15.5 Å². The van der Waals surface area contributed by atoms with Gasteiger partial charge in [-0.1, -0.05) is 24.3 Å². The number of para-hydroxylation sites is 1. The normalized spacial score (nSPS) is 18.2. The molecule has 0 bridgehead atoms. The molecule has 3 rings (SSSR count). The Morgan fingerprint density at radius 1 is 1.17 bits per heavy atom. The van der Waals surface area contributed by atoms with Gasteiger partial charge in [-0.15, -0.1) is 0 Å². The molecule has 1 fully saturated rings. The van der Waals surface area contributed by atoms with Crippen molar-refractivity contribution < 1.29 is 9.00 Å². The molecule has 2 amide bonds. The number of nitrogens with one attached hydrogen (secondary N) is 2. The van der Waals surface area contributed by atoms with Crippen LogP contribution in [0.5, 0.6) is 0 Å². The molecule has 2 aromatic carbocycles. The lowest BCUT2D eigenvalue weighted by Crippen LogP contribution is -2.39. The molecule has 0 saturated carbocycles. The highest BCUT2D eigenvalue weighted by Gasteiger charge is 2.23. The summed E-state index contributed by atoms with van der Waals surface area (Å²) in [7, 11) is -1.06. The maximum atomic E-state index is 12.2. The Balaban J connectivity index is 1.54. The number of amides is 2. The summed E-state index contributed by atoms with van der Waals surface area (Å²) in [5.41, 5.74) is 1.83. The summed E-state index contributed by atoms with van der Waals surface area (Å²) in [6.07, 6.45) is 2.54. The topological polar surface area (TPSA) is 61.4 Å². The van der Waals surface area contributed by atoms with Crippen LogP contribution in [0, 0.1) is 0 Å². The lowest BCUT2D eigenvalue weighted by molar-refractivity contribution is 0.249. The molecule has 1 saturated heterocycles. The van der Waals surface area contributed by atoms with Crippen LogP contribution in [0.3, 0.4) is 0 Å². The Morgan fingerprint density at radius 3 is 2.71 bits per heavy atom. The largest absolute Gasteiger partial charge is 0.369 e. The molecule has 2 aromatic rings. The molecule has 0 spiro atoms. The van der Waals surface area contributed by atoms with Crippen molar-refractivity contribution in [3.8, 4) is 0 Å². The molecule has 6 heteroatoms. The summed E-state index contributed by atoms with van der Waals surface area (Å²) in [6, 6.07) is 17.2. The lowest BCUT2D eigenvalue weighted by Gasteiger charge is -2.19. The Bertz CT molecular complexity index is 736. The molecular formula is C18H21N3O2S. The molecule has 1 aliphatic heterocycles. The summed E-state index contributed by atoms with van der Waals surface area (Å²) in [5.74, 6) is 0. The Morgan fingerprint density at radius 2 is 1.96 bits per heavy atom. The van der Waals surface area contributed by atoms with Gasteiger partial charge >= 0.3 is 6.03 Å². The molecule has 2 atom stereocenters. The number of urea groups is 1. The third-order valence-corrected chi connectivity index (χ3v) is 4.99. The van der Waals surface area contributed by atoms with E-state index >= 15 is 0 Å². The maximum absolute atomic E-state index is 12.2. The van der Waals surface area contributed by atoms with E-state index in [-0.39, 0.29) is 12.1 Å². The quantitative estimate of drug-likeness (QED) is 0.897. The SMILES string of the molecule is C[S@@](=O)c1cccc(NC(=O)N[C@@H]2CCN(c3ccccc3)C2)c1. The van der Waals surface area contributed by atoms with Gasteiger partial charge in [0, 0.05) is 52.5 Å². The van der Waals surface area contributed by atoms with E-state index < -0.39 is 10.8 Å². The molecule has 2 N–H and O–H groups in total. The maximum Gasteiger partial charge on any atom is 0.319 e. The zero-order chi connectivity index (χ0) is 16.9. The molecule has 0 aromatic heterocycles. The van der Waals surface area contributed by atoms with E-state index in [4.69, 9.17) is 0 Å². The van der Waals surface area contributed by atoms with Gasteiger partial charge < -0.3 is 15.5 Å². The Labute approximate surface area is 144 Å². The van der Waals surface area contributed by atoms with Crippen molar-refractivity contribution >= 4 is 28.2 Å². The first-order valence-electron chi connectivity index (χ1n) is 7.93. The van der Waals surface area contributed by atoms with Gasteiger partial charge in [-0.3, -0.25) is 4.21 Å². The number of rotatable bonds is 4. The van der Waals surface area contributed by atoms with Gasteiger partial charge in [0.2, 0.25) is 0 Å². The fraction of sp³-hybridized carbons (Fsp3) is 0.278. The summed E-state index contributed by atoms with van der Waals surface area (Å²) in [5, 5.41) is 5.82. The first-order valence-corrected chi connectivity index (χ1v) is 9.48. The van der Waals surface area contributed by atoms with Crippen molar-refractivity contribution in [2.75, 3.05) is 29.6 Å². The van der Waals surface area contributed by atoms with E-state index in [0.29, 0.717) is 10.6 Å². The van der Waals surface area contributed by atoms with Crippen LogP contribution in [-0.4, -0.2) is 35.6 Å². The molecule has 1 aliphatic rings. The number of hydrogen-bond donors (Lipinski definition) is 2. The Hall–Kier alpha value is -2.34. The summed E-state index contributed by atoms with van der Waals surface area (Å²) in [6.45, 7) is 1.73. The van der Waals surface area contributed by atoms with Crippen LogP contribution in [0.4, 0.5) is 16.2 Å². The second kappa shape index (κ2) is 7.49. The predicted octanol–water partition coefficient (Wildman–Crippen LogP) is 2.82. The van der Waals surface area contributed by atoms with Crippen LogP contribution in [0.25, 0.3) is 0 Å². The molecule has 0 aliphatic carbocycles. The highest BCUT2D eigenvalue weighted by molar-refractivity contribution is 7.84. The van der Waals surface area contributed by atoms with Gasteiger partial charge in [0.05, 0.1) is 0 Å². The summed E-state index contributed by atoms with van der Waals surface area (Å²) < 4.78 is 11.5. The van der Waals surface area contributed by atoms with Gasteiger partial charge in [0.1, 0.15) is 0 Å². The zero-order valence-electron chi connectivity index (χ0n) is 13.6. The highest BCUT2D eigenvalue weighted by Crippen LogP contribution is 2.20. The number of carbonyl (C=O) groups excluding carboxylic acids is 1. The van der Waals surface area contributed by atoms with Crippen molar-refractivity contribution in [1.82, 2.24) is 5.32 Å². The fourth-order valence-corrected chi connectivity index (χ4v) is 3.42. The smallest absolute Gasteiger partial charge is 0.319 e. The lowest BCUT2D eigenvalue weighted by atomic mass is 10.2. The number of anilines is 2. The Kier molecular flexibility index (Phi) is 5.15. The van der Waals surface area contributed by atoms with Crippen molar-refractivity contribution in [3.05, 3.63) is 54.6 Å². The number of hydrogen-bond acceptors (Lipinski definition) is 3. The minimum absolute atomic E-state index is 0.119. The minimum Gasteiger partial charge on any atom is -0.369 e. The van der Waals surface area contributed by atoms with Crippen LogP contribution in [0.2, 0.25) is 0 Å². The average Bonchev–Trinajstić information content (AvgIpc) is 3.04. The molecule has 5 nitrogen and oxygen atoms in total. The minimum atomic E-state index is -1.06. The average molecular weight is 343 g/mol. The van der Waals surface area contributed by atoms with Gasteiger partial charge in [-0.05, 0) is 36.8 Å². The van der Waals surface area contributed by atoms with Crippen molar-refractivity contribution in [3.63, 3.8) is 0 Å². The van der Waals surface area contributed by atoms with Crippen LogP contribution in [-0.2, 0) is 10.8 Å². The predicted molar refractivity (Wildman–Crippen MR) is 98.0 cm³/mol. The van der Waals surface area contributed by atoms with E-state index in [9.17, 15) is 9.00 Å². The second-order valence-electron chi connectivity index (χ2n) is 5.85. The first kappa shape index (κ1) is 16.5. The van der Waals surface area contributed by atoms with Crippen molar-refractivity contribution in [1.29, 1.82) is 0 Å². The van der Waals surface area contributed by atoms with Gasteiger partial charge in [-0.25, -0.2) is 4.79 Å². The van der Waals surface area contributed by atoms with E-state index in [1.165, 1.54) is 5.69 Å². The molecule has 1 heterocycles. The molecule has 126 valence electrons. The summed E-state index contributed by atoms with van der Waals surface area (Å²) in [4.78, 5) is 15.1. The van der Waals surface area contributed by atoms with E-state index in [0.717, 1.165) is 19.5 Å². The van der Waals surface area contributed by atoms with E-state index in [1.54, 1.807) is 30.5 Å². The highest BCUT2D eigenvalue weighted by atomic mass is 32.2. The third kappa shape index (κ3) is 4.14. The van der Waals surface area contributed by atoms with Crippen LogP contribution >= 0.6 is 0 Å². The molecule has 24 heavy (non-hydrogen) atoms. The van der Waals surface area contributed by atoms with Crippen molar-refractivity contribution in [2.24, 2.45) is 0 Å². The van der Waals surface area contributed by atoms with Gasteiger partial charge in [0.15, 0.2) is 0 Å². The van der Waals surface area contributed by atoms with E-state index in [2.05, 4.69) is 27.7 Å². The van der Waals surface area contributed by atoms with Crippen LogP contribution in [0.15, 0.2) is 59.5 Å². The molecular weight excluding hydrogens is 322 g/mol. The summed E-state index contributed by atoms with van der Waals surface area (Å²) >= 11 is 0. The third-order valence-electron chi connectivity index (χ3n) is 4.07. The number of benzene rings is 2. The molecule has 0 radical (unpaired) electrons. The zero-order valence-corrected chi connectivity index (χ0v) is 14.4. The second-order valence-corrected chi connectivity index (χ2v) is 7.23. The molecule has 0 unspecified atom stereocenters. The first-order chi connectivity index (χ1) is 11.6. The van der Waals surface area contributed by atoms with Gasteiger partial charge in [-0.2, -0.15) is 0 Å². The number of carbonyl (C=O) groups is 1.